The van der Waals surface area contributed by atoms with Crippen LogP contribution >= 0.6 is 7.82 Å². The van der Waals surface area contributed by atoms with Crippen LogP contribution in [0.25, 0.3) is 0 Å². The fourth-order valence-electron chi connectivity index (χ4n) is 3.01. The molecule has 0 atom stereocenters. The van der Waals surface area contributed by atoms with Gasteiger partial charge in [-0.2, -0.15) is 0 Å². The maximum Gasteiger partial charge on any atom is 1.00 e. The molecular formula is C21H26NaO4P. The van der Waals surface area contributed by atoms with Crippen molar-refractivity contribution in [2.24, 2.45) is 0 Å². The Morgan fingerprint density at radius 3 is 1.52 bits per heavy atom. The van der Waals surface area contributed by atoms with Crippen LogP contribution in [0.5, 0.6) is 11.5 Å². The average molecular weight is 396 g/mol. The van der Waals surface area contributed by atoms with Gasteiger partial charge in [0.2, 0.25) is 0 Å². The predicted octanol–water partition coefficient (Wildman–Crippen LogP) is 2.12. The summed E-state index contributed by atoms with van der Waals surface area (Å²) in [5.74, 6) is 0.672. The van der Waals surface area contributed by atoms with E-state index in [1.807, 2.05) is 24.3 Å². The van der Waals surface area contributed by atoms with E-state index < -0.39 is 7.82 Å². The van der Waals surface area contributed by atoms with Crippen LogP contribution in [-0.4, -0.2) is 0 Å². The van der Waals surface area contributed by atoms with Crippen LogP contribution in [0.4, 0.5) is 0 Å². The summed E-state index contributed by atoms with van der Waals surface area (Å²) in [5, 5.41) is 0. The summed E-state index contributed by atoms with van der Waals surface area (Å²) < 4.78 is 22.7. The van der Waals surface area contributed by atoms with Crippen molar-refractivity contribution in [2.75, 3.05) is 0 Å². The Labute approximate surface area is 184 Å². The zero-order valence-corrected chi connectivity index (χ0v) is 20.1. The zero-order chi connectivity index (χ0) is 19.3. The van der Waals surface area contributed by atoms with E-state index in [9.17, 15) is 9.46 Å². The minimum atomic E-state index is -4.48. The quantitative estimate of drug-likeness (QED) is 0.506. The summed E-state index contributed by atoms with van der Waals surface area (Å²) in [6, 6.07) is 11.3. The topological polar surface area (TPSA) is 58.6 Å². The van der Waals surface area contributed by atoms with Crippen LogP contribution in [0.1, 0.15) is 63.8 Å². The fraction of sp³-hybridized carbons (Fsp3) is 0.429. The predicted molar refractivity (Wildman–Crippen MR) is 102 cm³/mol. The largest absolute Gasteiger partial charge is 1.00 e. The molecule has 6 heteroatoms. The van der Waals surface area contributed by atoms with Gasteiger partial charge in [-0.3, -0.25) is 0 Å². The Hall–Kier alpha value is -0.770. The molecule has 0 aromatic heterocycles. The van der Waals surface area contributed by atoms with Gasteiger partial charge >= 0.3 is 37.4 Å². The molecular weight excluding hydrogens is 370 g/mol. The molecule has 3 rings (SSSR count). The summed E-state index contributed by atoms with van der Waals surface area (Å²) in [5.41, 5.74) is 3.90. The number of benzene rings is 2. The Bertz CT molecular complexity index is 825. The summed E-state index contributed by atoms with van der Waals surface area (Å²) in [7, 11) is -4.48. The molecule has 1 aliphatic rings. The second-order valence-electron chi connectivity index (χ2n) is 8.95. The first-order valence-electron chi connectivity index (χ1n) is 8.82. The van der Waals surface area contributed by atoms with E-state index in [1.165, 1.54) is 0 Å². The van der Waals surface area contributed by atoms with Gasteiger partial charge in [-0.15, -0.1) is 0 Å². The Morgan fingerprint density at radius 1 is 0.815 bits per heavy atom. The Morgan fingerprint density at radius 2 is 1.19 bits per heavy atom. The number of fused-ring (bicyclic) bond motifs is 2. The second-order valence-corrected chi connectivity index (χ2v) is 10.2. The molecule has 2 aromatic rings. The van der Waals surface area contributed by atoms with E-state index in [2.05, 4.69) is 41.5 Å². The standard InChI is InChI=1S/C21H27O4P.Na/c1-20(2,3)16-7-9-18-14(12-16)11-15-13-17(21(4,5)6)8-10-19(15)25-26(22,23)24-18;/h7-10,12-13H,11H2,1-6H3,(H,22,23);/q;+1/p-1. The molecule has 1 heterocycles. The molecule has 0 saturated carbocycles. The first-order valence-corrected chi connectivity index (χ1v) is 10.3. The van der Waals surface area contributed by atoms with Crippen LogP contribution in [0.2, 0.25) is 0 Å². The van der Waals surface area contributed by atoms with Crippen LogP contribution < -0.4 is 43.5 Å². The third-order valence-electron chi connectivity index (χ3n) is 4.65. The minimum absolute atomic E-state index is 0. The zero-order valence-electron chi connectivity index (χ0n) is 17.3. The molecule has 0 fully saturated rings. The van der Waals surface area contributed by atoms with E-state index in [0.717, 1.165) is 22.3 Å². The number of rotatable bonds is 0. The van der Waals surface area contributed by atoms with E-state index in [4.69, 9.17) is 9.05 Å². The van der Waals surface area contributed by atoms with Gasteiger partial charge in [0.1, 0.15) is 11.5 Å². The molecule has 0 amide bonds. The Balaban J connectivity index is 0.00000261. The van der Waals surface area contributed by atoms with Crippen molar-refractivity contribution in [3.05, 3.63) is 58.7 Å². The van der Waals surface area contributed by atoms with Gasteiger partial charge in [0.25, 0.3) is 0 Å². The van der Waals surface area contributed by atoms with Crippen LogP contribution in [0.3, 0.4) is 0 Å². The van der Waals surface area contributed by atoms with Gasteiger partial charge in [-0.1, -0.05) is 65.8 Å². The summed E-state index contributed by atoms with van der Waals surface area (Å²) in [6.45, 7) is 12.8. The maximum absolute atomic E-state index is 12.3. The van der Waals surface area contributed by atoms with Crippen molar-refractivity contribution in [2.45, 2.75) is 58.8 Å². The first-order chi connectivity index (χ1) is 11.9. The van der Waals surface area contributed by atoms with E-state index in [1.54, 1.807) is 12.1 Å². The molecule has 0 radical (unpaired) electrons. The molecule has 140 valence electrons. The van der Waals surface area contributed by atoms with E-state index in [0.29, 0.717) is 17.9 Å². The third kappa shape index (κ3) is 5.19. The Kier molecular flexibility index (Phi) is 6.31. The average Bonchev–Trinajstić information content (AvgIpc) is 2.46. The van der Waals surface area contributed by atoms with Gasteiger partial charge in [0, 0.05) is 6.42 Å². The molecule has 0 saturated heterocycles. The van der Waals surface area contributed by atoms with Crippen LogP contribution in [0.15, 0.2) is 36.4 Å². The first kappa shape index (κ1) is 22.5. The molecule has 1 aliphatic heterocycles. The number of hydrogen-bond acceptors (Lipinski definition) is 4. The van der Waals surface area contributed by atoms with Crippen molar-refractivity contribution < 1.29 is 48.1 Å². The minimum Gasteiger partial charge on any atom is -0.736 e. The van der Waals surface area contributed by atoms with Gasteiger partial charge in [-0.05, 0) is 45.2 Å². The second kappa shape index (κ2) is 7.57. The van der Waals surface area contributed by atoms with Crippen molar-refractivity contribution in [1.82, 2.24) is 0 Å². The number of hydrogen-bond donors (Lipinski definition) is 0. The van der Waals surface area contributed by atoms with Crippen molar-refractivity contribution in [1.29, 1.82) is 0 Å². The molecule has 0 bridgehead atoms. The van der Waals surface area contributed by atoms with Crippen LogP contribution in [0, 0.1) is 0 Å². The maximum atomic E-state index is 12.3. The van der Waals surface area contributed by atoms with Gasteiger partial charge < -0.3 is 13.9 Å². The molecule has 2 aromatic carbocycles. The molecule has 0 N–H and O–H groups in total. The van der Waals surface area contributed by atoms with Gasteiger partial charge in [0.05, 0.1) is 0 Å². The number of phosphoric acid groups is 1. The SMILES string of the molecule is CC(C)(C)c1ccc2c(c1)Cc1cc(C(C)(C)C)ccc1OP(=O)([O-])O2.[Na+]. The van der Waals surface area contributed by atoms with Crippen molar-refractivity contribution in [3.63, 3.8) is 0 Å². The fourth-order valence-corrected chi connectivity index (χ4v) is 3.89. The van der Waals surface area contributed by atoms with E-state index >= 15 is 0 Å². The summed E-state index contributed by atoms with van der Waals surface area (Å²) in [4.78, 5) is 12.3. The molecule has 0 spiro atoms. The van der Waals surface area contributed by atoms with E-state index in [-0.39, 0.29) is 40.4 Å². The number of phosphoric ester groups is 1. The summed E-state index contributed by atoms with van der Waals surface area (Å²) in [6.07, 6.45) is 0.554. The normalized spacial score (nSPS) is 15.8. The van der Waals surface area contributed by atoms with Crippen LogP contribution in [-0.2, 0) is 21.8 Å². The monoisotopic (exact) mass is 396 g/mol. The molecule has 0 unspecified atom stereocenters. The third-order valence-corrected chi connectivity index (χ3v) is 5.49. The van der Waals surface area contributed by atoms with Crippen molar-refractivity contribution >= 4 is 7.82 Å². The summed E-state index contributed by atoms with van der Waals surface area (Å²) >= 11 is 0. The van der Waals surface area contributed by atoms with Crippen molar-refractivity contribution in [3.8, 4) is 11.5 Å². The smallest absolute Gasteiger partial charge is 0.736 e. The molecule has 4 nitrogen and oxygen atoms in total. The molecule has 0 aliphatic carbocycles. The van der Waals surface area contributed by atoms with Gasteiger partial charge in [-0.25, -0.2) is 4.57 Å². The molecule has 27 heavy (non-hydrogen) atoms. The van der Waals surface area contributed by atoms with Gasteiger partial charge in [0.15, 0.2) is 0 Å².